The van der Waals surface area contributed by atoms with Crippen LogP contribution in [0.2, 0.25) is 0 Å². The van der Waals surface area contributed by atoms with Gasteiger partial charge >= 0.3 is 12.1 Å². The minimum absolute atomic E-state index is 0.0694. The Morgan fingerprint density at radius 1 is 1.33 bits per heavy atom. The van der Waals surface area contributed by atoms with Gasteiger partial charge in [-0.05, 0) is 12.1 Å². The van der Waals surface area contributed by atoms with E-state index in [9.17, 15) is 18.0 Å². The molecule has 1 aliphatic rings. The van der Waals surface area contributed by atoms with Crippen molar-refractivity contribution in [3.05, 3.63) is 29.8 Å². The van der Waals surface area contributed by atoms with Crippen LogP contribution in [0.5, 0.6) is 5.75 Å². The summed E-state index contributed by atoms with van der Waals surface area (Å²) in [6, 6.07) is 6.20. The first-order chi connectivity index (χ1) is 9.70. The minimum atomic E-state index is -5.07. The molecule has 1 unspecified atom stereocenters. The highest BCUT2D eigenvalue weighted by molar-refractivity contribution is 7.80. The third kappa shape index (κ3) is 2.67. The zero-order valence-electron chi connectivity index (χ0n) is 11.2. The number of rotatable bonds is 3. The number of hydrogen-bond donors (Lipinski definition) is 0. The van der Waals surface area contributed by atoms with E-state index >= 15 is 0 Å². The Morgan fingerprint density at radius 3 is 2.29 bits per heavy atom. The molecule has 1 fully saturated rings. The molecule has 21 heavy (non-hydrogen) atoms. The van der Waals surface area contributed by atoms with E-state index < -0.39 is 17.7 Å². The third-order valence-corrected chi connectivity index (χ3v) is 3.85. The summed E-state index contributed by atoms with van der Waals surface area (Å²) in [5.74, 6) is -1.72. The second kappa shape index (κ2) is 5.18. The number of nitrogens with zero attached hydrogens (tertiary/aromatic N) is 1. The first-order valence-corrected chi connectivity index (χ1v) is 6.32. The number of alkyl halides is 3. The van der Waals surface area contributed by atoms with Crippen LogP contribution in [0.1, 0.15) is 5.56 Å². The second-order valence-corrected chi connectivity index (χ2v) is 4.99. The van der Waals surface area contributed by atoms with Gasteiger partial charge in [-0.25, -0.2) is 4.79 Å². The van der Waals surface area contributed by atoms with Crippen molar-refractivity contribution in [3.8, 4) is 5.75 Å². The Labute approximate surface area is 124 Å². The van der Waals surface area contributed by atoms with Crippen LogP contribution in [0.15, 0.2) is 24.3 Å². The van der Waals surface area contributed by atoms with Crippen LogP contribution in [0.3, 0.4) is 0 Å². The number of likely N-dealkylation sites (tertiary alicyclic amines) is 1. The first kappa shape index (κ1) is 15.6. The number of hydrogen-bond acceptors (Lipinski definition) is 4. The zero-order valence-corrected chi connectivity index (χ0v) is 12.0. The van der Waals surface area contributed by atoms with E-state index in [1.807, 2.05) is 0 Å². The quantitative estimate of drug-likeness (QED) is 0.631. The molecule has 114 valence electrons. The van der Waals surface area contributed by atoms with Gasteiger partial charge in [0.25, 0.3) is 0 Å². The standard InChI is InChI=1S/C13H12F3NO3S/c1-17-7-12(10(17)21,20-11(18)13(14,15)16)8-3-5-9(19-2)6-4-8/h3-6H,7H2,1-2H3. The topological polar surface area (TPSA) is 38.8 Å². The highest BCUT2D eigenvalue weighted by Crippen LogP contribution is 2.39. The lowest BCUT2D eigenvalue weighted by atomic mass is 9.86. The number of ether oxygens (including phenoxy) is 2. The summed E-state index contributed by atoms with van der Waals surface area (Å²) >= 11 is 5.07. The molecular weight excluding hydrogens is 307 g/mol. The van der Waals surface area contributed by atoms with Crippen molar-refractivity contribution in [1.29, 1.82) is 0 Å². The molecule has 1 aromatic rings. The van der Waals surface area contributed by atoms with E-state index in [1.54, 1.807) is 24.1 Å². The fourth-order valence-electron chi connectivity index (χ4n) is 2.12. The Morgan fingerprint density at radius 2 is 1.90 bits per heavy atom. The number of carbonyl (C=O) groups is 1. The Kier molecular flexibility index (Phi) is 3.83. The fourth-order valence-corrected chi connectivity index (χ4v) is 2.41. The van der Waals surface area contributed by atoms with Gasteiger partial charge in [-0.2, -0.15) is 13.2 Å². The molecule has 0 radical (unpaired) electrons. The maximum absolute atomic E-state index is 12.4. The molecular formula is C13H12F3NO3S. The fraction of sp³-hybridized carbons (Fsp3) is 0.385. The molecule has 4 nitrogen and oxygen atoms in total. The number of esters is 1. The van der Waals surface area contributed by atoms with E-state index in [0.717, 1.165) is 0 Å². The average molecular weight is 319 g/mol. The van der Waals surface area contributed by atoms with E-state index in [1.165, 1.54) is 19.2 Å². The zero-order chi connectivity index (χ0) is 15.8. The highest BCUT2D eigenvalue weighted by atomic mass is 32.1. The third-order valence-electron chi connectivity index (χ3n) is 3.21. The molecule has 2 rings (SSSR count). The van der Waals surface area contributed by atoms with Gasteiger partial charge in [0.1, 0.15) is 10.7 Å². The van der Waals surface area contributed by atoms with Gasteiger partial charge in [0.15, 0.2) is 0 Å². The van der Waals surface area contributed by atoms with Gasteiger partial charge < -0.3 is 14.4 Å². The van der Waals surface area contributed by atoms with Crippen molar-refractivity contribution in [2.24, 2.45) is 0 Å². The van der Waals surface area contributed by atoms with Crippen LogP contribution >= 0.6 is 12.2 Å². The summed E-state index contributed by atoms with van der Waals surface area (Å²) in [7, 11) is 3.09. The Bertz CT molecular complexity index is 573. The number of halogens is 3. The van der Waals surface area contributed by atoms with Gasteiger partial charge in [0.05, 0.1) is 13.7 Å². The predicted octanol–water partition coefficient (Wildman–Crippen LogP) is 2.27. The lowest BCUT2D eigenvalue weighted by Gasteiger charge is -2.49. The molecule has 8 heteroatoms. The van der Waals surface area contributed by atoms with Gasteiger partial charge in [0, 0.05) is 12.6 Å². The molecule has 0 spiro atoms. The minimum Gasteiger partial charge on any atom is -0.497 e. The lowest BCUT2D eigenvalue weighted by Crippen LogP contribution is -2.64. The van der Waals surface area contributed by atoms with E-state index in [4.69, 9.17) is 21.7 Å². The number of benzene rings is 1. The van der Waals surface area contributed by atoms with Crippen LogP contribution in [-0.2, 0) is 15.1 Å². The Balaban J connectivity index is 2.34. The van der Waals surface area contributed by atoms with Crippen LogP contribution in [0.4, 0.5) is 13.2 Å². The summed E-state index contributed by atoms with van der Waals surface area (Å²) < 4.78 is 47.0. The summed E-state index contributed by atoms with van der Waals surface area (Å²) in [5, 5.41) is 0. The van der Waals surface area contributed by atoms with E-state index in [-0.39, 0.29) is 11.5 Å². The van der Waals surface area contributed by atoms with Gasteiger partial charge in [0.2, 0.25) is 5.60 Å². The highest BCUT2D eigenvalue weighted by Gasteiger charge is 2.56. The molecule has 1 heterocycles. The molecule has 1 saturated heterocycles. The number of likely N-dealkylation sites (N-methyl/N-ethyl adjacent to an activating group) is 1. The molecule has 0 N–H and O–H groups in total. The van der Waals surface area contributed by atoms with Crippen molar-refractivity contribution in [3.63, 3.8) is 0 Å². The maximum atomic E-state index is 12.4. The summed E-state index contributed by atoms with van der Waals surface area (Å²) in [6.07, 6.45) is -5.07. The van der Waals surface area contributed by atoms with E-state index in [0.29, 0.717) is 11.3 Å². The summed E-state index contributed by atoms with van der Waals surface area (Å²) in [5.41, 5.74) is -1.17. The van der Waals surface area contributed by atoms with Crippen LogP contribution in [-0.4, -0.2) is 42.7 Å². The van der Waals surface area contributed by atoms with Crippen molar-refractivity contribution in [2.45, 2.75) is 11.8 Å². The monoisotopic (exact) mass is 319 g/mol. The van der Waals surface area contributed by atoms with Crippen LogP contribution in [0.25, 0.3) is 0 Å². The second-order valence-electron chi connectivity index (χ2n) is 4.60. The normalized spacial score (nSPS) is 21.8. The summed E-state index contributed by atoms with van der Waals surface area (Å²) in [4.78, 5) is 12.8. The smallest absolute Gasteiger partial charge is 0.490 e. The van der Waals surface area contributed by atoms with Crippen molar-refractivity contribution >= 4 is 23.2 Å². The SMILES string of the molecule is COc1ccc(C2(OC(=O)C(F)(F)F)CN(C)C2=S)cc1. The number of methoxy groups -OCH3 is 1. The van der Waals surface area contributed by atoms with Crippen LogP contribution < -0.4 is 4.74 Å². The molecule has 0 bridgehead atoms. The van der Waals surface area contributed by atoms with Gasteiger partial charge in [-0.15, -0.1) is 0 Å². The van der Waals surface area contributed by atoms with Crippen molar-refractivity contribution in [2.75, 3.05) is 20.7 Å². The first-order valence-electron chi connectivity index (χ1n) is 5.91. The predicted molar refractivity (Wildman–Crippen MR) is 72.0 cm³/mol. The molecule has 1 atom stereocenters. The van der Waals surface area contributed by atoms with Crippen molar-refractivity contribution in [1.82, 2.24) is 4.90 Å². The lowest BCUT2D eigenvalue weighted by molar-refractivity contribution is -0.213. The molecule has 0 aliphatic carbocycles. The van der Waals surface area contributed by atoms with Crippen LogP contribution in [0, 0.1) is 0 Å². The molecule has 1 aliphatic heterocycles. The number of thiocarbonyl (C=S) groups is 1. The largest absolute Gasteiger partial charge is 0.497 e. The van der Waals surface area contributed by atoms with Gasteiger partial charge in [-0.1, -0.05) is 24.4 Å². The molecule has 1 aromatic carbocycles. The molecule has 0 amide bonds. The molecule has 0 saturated carbocycles. The maximum Gasteiger partial charge on any atom is 0.490 e. The van der Waals surface area contributed by atoms with E-state index in [2.05, 4.69) is 0 Å². The van der Waals surface area contributed by atoms with Crippen molar-refractivity contribution < 1.29 is 27.4 Å². The van der Waals surface area contributed by atoms with Gasteiger partial charge in [-0.3, -0.25) is 0 Å². The number of carbonyl (C=O) groups excluding carboxylic acids is 1. The average Bonchev–Trinajstić information content (AvgIpc) is 2.45. The Hall–Kier alpha value is -1.83. The summed E-state index contributed by atoms with van der Waals surface area (Å²) in [6.45, 7) is 0.0694. The molecule has 0 aromatic heterocycles.